The summed E-state index contributed by atoms with van der Waals surface area (Å²) in [7, 11) is 1.86. The Morgan fingerprint density at radius 1 is 1.20 bits per heavy atom. The van der Waals surface area contributed by atoms with Gasteiger partial charge in [-0.3, -0.25) is 9.69 Å². The zero-order valence-corrected chi connectivity index (χ0v) is 15.4. The van der Waals surface area contributed by atoms with Crippen LogP contribution >= 0.6 is 11.8 Å². The van der Waals surface area contributed by atoms with Crippen LogP contribution in [0.1, 0.15) is 24.9 Å². The number of amides is 1. The highest BCUT2D eigenvalue weighted by Crippen LogP contribution is 2.25. The summed E-state index contributed by atoms with van der Waals surface area (Å²) in [5.41, 5.74) is 1.48. The first-order valence-corrected chi connectivity index (χ1v) is 9.23. The number of thioether (sulfide) groups is 1. The van der Waals surface area contributed by atoms with E-state index >= 15 is 0 Å². The van der Waals surface area contributed by atoms with E-state index in [-0.39, 0.29) is 11.9 Å². The second-order valence-corrected chi connectivity index (χ2v) is 6.68. The van der Waals surface area contributed by atoms with Gasteiger partial charge in [-0.15, -0.1) is 11.8 Å². The average Bonchev–Trinajstić information content (AvgIpc) is 2.61. The first-order valence-electron chi connectivity index (χ1n) is 8.00. The standard InChI is InChI=1S/C19H22F2N2OS/c1-13(14-8-9-15(20)16(21)12-14)23(2)11-10-19(24)22-17-6-4-5-7-18(17)25-3/h4-9,12-13H,10-11H2,1-3H3,(H,22,24). The quantitative estimate of drug-likeness (QED) is 0.722. The number of nitrogens with one attached hydrogen (secondary N) is 1. The third kappa shape index (κ3) is 5.28. The summed E-state index contributed by atoms with van der Waals surface area (Å²) in [6.07, 6.45) is 2.27. The van der Waals surface area contributed by atoms with Crippen LogP contribution in [0.3, 0.4) is 0 Å². The molecule has 0 aromatic heterocycles. The molecule has 1 unspecified atom stereocenters. The van der Waals surface area contributed by atoms with Crippen molar-refractivity contribution in [2.24, 2.45) is 0 Å². The highest BCUT2D eigenvalue weighted by molar-refractivity contribution is 7.98. The molecule has 0 aliphatic carbocycles. The molecule has 1 amide bonds. The van der Waals surface area contributed by atoms with Crippen LogP contribution in [-0.2, 0) is 4.79 Å². The zero-order chi connectivity index (χ0) is 18.4. The van der Waals surface area contributed by atoms with Crippen LogP contribution in [0.2, 0.25) is 0 Å². The molecule has 3 nitrogen and oxygen atoms in total. The Hall–Kier alpha value is -1.92. The Balaban J connectivity index is 1.91. The van der Waals surface area contributed by atoms with Crippen LogP contribution in [-0.4, -0.2) is 30.7 Å². The van der Waals surface area contributed by atoms with E-state index in [0.717, 1.165) is 16.6 Å². The lowest BCUT2D eigenvalue weighted by atomic mass is 10.1. The SMILES string of the molecule is CSc1ccccc1NC(=O)CCN(C)C(C)c1ccc(F)c(F)c1. The first kappa shape index (κ1) is 19.4. The molecule has 2 aromatic carbocycles. The fourth-order valence-electron chi connectivity index (χ4n) is 2.46. The van der Waals surface area contributed by atoms with Crippen molar-refractivity contribution >= 4 is 23.4 Å². The average molecular weight is 364 g/mol. The van der Waals surface area contributed by atoms with E-state index in [0.29, 0.717) is 18.5 Å². The van der Waals surface area contributed by atoms with Crippen LogP contribution in [0, 0.1) is 11.6 Å². The van der Waals surface area contributed by atoms with Gasteiger partial charge in [-0.1, -0.05) is 18.2 Å². The molecule has 2 rings (SSSR count). The number of carbonyl (C=O) groups excluding carboxylic acids is 1. The Kier molecular flexibility index (Phi) is 6.96. The van der Waals surface area contributed by atoms with E-state index in [2.05, 4.69) is 5.32 Å². The highest BCUT2D eigenvalue weighted by atomic mass is 32.2. The van der Waals surface area contributed by atoms with Crippen molar-refractivity contribution in [3.8, 4) is 0 Å². The lowest BCUT2D eigenvalue weighted by Gasteiger charge is -2.25. The molecule has 2 aromatic rings. The van der Waals surface area contributed by atoms with E-state index in [4.69, 9.17) is 0 Å². The van der Waals surface area contributed by atoms with E-state index in [1.165, 1.54) is 6.07 Å². The molecule has 0 saturated heterocycles. The molecule has 134 valence electrons. The van der Waals surface area contributed by atoms with Gasteiger partial charge in [-0.05, 0) is 50.1 Å². The maximum absolute atomic E-state index is 13.4. The summed E-state index contributed by atoms with van der Waals surface area (Å²) < 4.78 is 26.4. The zero-order valence-electron chi connectivity index (χ0n) is 14.6. The topological polar surface area (TPSA) is 32.3 Å². The number of nitrogens with zero attached hydrogens (tertiary/aromatic N) is 1. The molecule has 1 atom stereocenters. The molecule has 0 aliphatic rings. The Morgan fingerprint density at radius 3 is 2.60 bits per heavy atom. The van der Waals surface area contributed by atoms with Gasteiger partial charge in [-0.2, -0.15) is 0 Å². The molecule has 1 N–H and O–H groups in total. The van der Waals surface area contributed by atoms with Gasteiger partial charge < -0.3 is 5.32 Å². The smallest absolute Gasteiger partial charge is 0.225 e. The molecule has 0 fully saturated rings. The minimum atomic E-state index is -0.857. The van der Waals surface area contributed by atoms with E-state index < -0.39 is 11.6 Å². The Bertz CT molecular complexity index is 739. The lowest BCUT2D eigenvalue weighted by Crippen LogP contribution is -2.27. The summed E-state index contributed by atoms with van der Waals surface area (Å²) >= 11 is 1.58. The van der Waals surface area contributed by atoms with Gasteiger partial charge in [0.05, 0.1) is 5.69 Å². The largest absolute Gasteiger partial charge is 0.325 e. The normalized spacial score (nSPS) is 12.2. The number of benzene rings is 2. The fourth-order valence-corrected chi connectivity index (χ4v) is 3.01. The molecular formula is C19H22F2N2OS. The first-order chi connectivity index (χ1) is 11.9. The minimum Gasteiger partial charge on any atom is -0.325 e. The minimum absolute atomic E-state index is 0.0779. The maximum atomic E-state index is 13.4. The van der Waals surface area contributed by atoms with Crippen molar-refractivity contribution in [3.63, 3.8) is 0 Å². The molecule has 0 heterocycles. The molecule has 0 bridgehead atoms. The predicted molar refractivity (Wildman–Crippen MR) is 98.9 cm³/mol. The number of hydrogen-bond donors (Lipinski definition) is 1. The molecule has 0 saturated carbocycles. The van der Waals surface area contributed by atoms with Crippen LogP contribution in [0.4, 0.5) is 14.5 Å². The Labute approximate surface area is 151 Å². The van der Waals surface area contributed by atoms with Gasteiger partial charge in [0.25, 0.3) is 0 Å². The number of para-hydroxylation sites is 1. The molecular weight excluding hydrogens is 342 g/mol. The predicted octanol–water partition coefficient (Wildman–Crippen LogP) is 4.71. The number of hydrogen-bond acceptors (Lipinski definition) is 3. The third-order valence-electron chi connectivity index (χ3n) is 4.16. The lowest BCUT2D eigenvalue weighted by molar-refractivity contribution is -0.116. The summed E-state index contributed by atoms with van der Waals surface area (Å²) in [5, 5.41) is 2.92. The van der Waals surface area contributed by atoms with Gasteiger partial charge >= 0.3 is 0 Å². The van der Waals surface area contributed by atoms with Gasteiger partial charge in [0.1, 0.15) is 0 Å². The van der Waals surface area contributed by atoms with E-state index in [1.807, 2.05) is 49.4 Å². The van der Waals surface area contributed by atoms with Crippen LogP contribution < -0.4 is 5.32 Å². The second kappa shape index (κ2) is 8.97. The van der Waals surface area contributed by atoms with E-state index in [9.17, 15) is 13.6 Å². The molecule has 25 heavy (non-hydrogen) atoms. The maximum Gasteiger partial charge on any atom is 0.225 e. The van der Waals surface area contributed by atoms with E-state index in [1.54, 1.807) is 17.8 Å². The second-order valence-electron chi connectivity index (χ2n) is 5.83. The van der Waals surface area contributed by atoms with Crippen molar-refractivity contribution in [1.82, 2.24) is 4.90 Å². The highest BCUT2D eigenvalue weighted by Gasteiger charge is 2.15. The monoisotopic (exact) mass is 364 g/mol. The molecule has 0 spiro atoms. The summed E-state index contributed by atoms with van der Waals surface area (Å²) in [4.78, 5) is 15.1. The van der Waals surface area contributed by atoms with Crippen molar-refractivity contribution in [3.05, 3.63) is 59.7 Å². The summed E-state index contributed by atoms with van der Waals surface area (Å²) in [6.45, 7) is 2.40. The molecule has 0 radical (unpaired) electrons. The van der Waals surface area contributed by atoms with Gasteiger partial charge in [-0.25, -0.2) is 8.78 Å². The molecule has 0 aliphatic heterocycles. The Morgan fingerprint density at radius 2 is 1.92 bits per heavy atom. The van der Waals surface area contributed by atoms with Gasteiger partial charge in [0.15, 0.2) is 11.6 Å². The van der Waals surface area contributed by atoms with Crippen molar-refractivity contribution in [1.29, 1.82) is 0 Å². The number of rotatable bonds is 7. The van der Waals surface area contributed by atoms with Crippen molar-refractivity contribution < 1.29 is 13.6 Å². The summed E-state index contributed by atoms with van der Waals surface area (Å²) in [5.74, 6) is -1.79. The van der Waals surface area contributed by atoms with Gasteiger partial charge in [0.2, 0.25) is 5.91 Å². The van der Waals surface area contributed by atoms with Crippen molar-refractivity contribution in [2.45, 2.75) is 24.3 Å². The van der Waals surface area contributed by atoms with Crippen LogP contribution in [0.25, 0.3) is 0 Å². The summed E-state index contributed by atoms with van der Waals surface area (Å²) in [6, 6.07) is 11.4. The van der Waals surface area contributed by atoms with Crippen LogP contribution in [0.15, 0.2) is 47.4 Å². The number of carbonyl (C=O) groups is 1. The van der Waals surface area contributed by atoms with Gasteiger partial charge in [0, 0.05) is 23.9 Å². The third-order valence-corrected chi connectivity index (χ3v) is 4.96. The van der Waals surface area contributed by atoms with Crippen LogP contribution in [0.5, 0.6) is 0 Å². The number of anilines is 1. The van der Waals surface area contributed by atoms with Crippen molar-refractivity contribution in [2.75, 3.05) is 25.2 Å². The number of halogens is 2. The molecule has 6 heteroatoms. The fraction of sp³-hybridized carbons (Fsp3) is 0.316.